The maximum Gasteiger partial charge on any atom is 0.265 e. The van der Waals surface area contributed by atoms with E-state index in [-0.39, 0.29) is 23.5 Å². The van der Waals surface area contributed by atoms with Crippen LogP contribution in [-0.4, -0.2) is 5.91 Å². The minimum Gasteiger partial charge on any atom is -0.486 e. The zero-order valence-corrected chi connectivity index (χ0v) is 10.4. The van der Waals surface area contributed by atoms with E-state index in [1.807, 2.05) is 5.43 Å². The van der Waals surface area contributed by atoms with E-state index in [0.717, 1.165) is 6.07 Å². The fraction of sp³-hybridized carbons (Fsp3) is 0.0714. The first-order valence-corrected chi connectivity index (χ1v) is 5.78. The van der Waals surface area contributed by atoms with Gasteiger partial charge in [0, 0.05) is 11.1 Å². The second-order valence-electron chi connectivity index (χ2n) is 4.00. The normalized spacial score (nSPS) is 10.2. The second kappa shape index (κ2) is 6.12. The third-order valence-corrected chi connectivity index (χ3v) is 2.66. The number of halogens is 2. The average Bonchev–Trinajstić information content (AvgIpc) is 2.47. The number of ether oxygens (including phenoxy) is 1. The van der Waals surface area contributed by atoms with E-state index in [1.54, 1.807) is 6.07 Å². The van der Waals surface area contributed by atoms with Gasteiger partial charge in [0.2, 0.25) is 0 Å². The molecule has 0 saturated carbocycles. The molecule has 104 valence electrons. The summed E-state index contributed by atoms with van der Waals surface area (Å²) in [7, 11) is 0. The summed E-state index contributed by atoms with van der Waals surface area (Å²) in [6.45, 7) is -0.196. The maximum absolute atomic E-state index is 13.6. The van der Waals surface area contributed by atoms with Gasteiger partial charge in [0.05, 0.1) is 0 Å². The van der Waals surface area contributed by atoms with Crippen LogP contribution in [0.1, 0.15) is 15.9 Å². The minimum atomic E-state index is -0.546. The van der Waals surface area contributed by atoms with Crippen molar-refractivity contribution in [1.82, 2.24) is 5.43 Å². The van der Waals surface area contributed by atoms with Gasteiger partial charge in [-0.25, -0.2) is 14.6 Å². The Morgan fingerprint density at radius 3 is 2.60 bits per heavy atom. The number of hydrogen-bond acceptors (Lipinski definition) is 3. The molecule has 0 aromatic heterocycles. The van der Waals surface area contributed by atoms with Crippen molar-refractivity contribution in [2.75, 3.05) is 0 Å². The van der Waals surface area contributed by atoms with Crippen molar-refractivity contribution in [1.29, 1.82) is 0 Å². The number of nitrogen functional groups attached to an aromatic ring is 1. The fourth-order valence-electron chi connectivity index (χ4n) is 1.63. The van der Waals surface area contributed by atoms with Gasteiger partial charge in [-0.3, -0.25) is 10.2 Å². The van der Waals surface area contributed by atoms with Gasteiger partial charge in [0.1, 0.15) is 12.4 Å². The Hall–Kier alpha value is -2.47. The standard InChI is InChI=1S/C14H12F2N2O2/c15-11-6-5-9(14(19)18-17)7-10(11)8-20-13-4-2-1-3-12(13)16/h1-7H,8,17H2,(H,18,19). The Balaban J connectivity index is 2.17. The molecule has 2 aromatic carbocycles. The van der Waals surface area contributed by atoms with Crippen molar-refractivity contribution >= 4 is 5.91 Å². The molecule has 20 heavy (non-hydrogen) atoms. The van der Waals surface area contributed by atoms with Crippen molar-refractivity contribution in [2.45, 2.75) is 6.61 Å². The molecule has 0 aliphatic heterocycles. The third-order valence-electron chi connectivity index (χ3n) is 2.66. The van der Waals surface area contributed by atoms with Crippen LogP contribution in [0.4, 0.5) is 8.78 Å². The molecule has 6 heteroatoms. The molecule has 0 bridgehead atoms. The molecular formula is C14H12F2N2O2. The molecule has 0 radical (unpaired) electrons. The Bertz CT molecular complexity index is 632. The lowest BCUT2D eigenvalue weighted by Gasteiger charge is -2.09. The highest BCUT2D eigenvalue weighted by molar-refractivity contribution is 5.93. The highest BCUT2D eigenvalue weighted by Crippen LogP contribution is 2.18. The van der Waals surface area contributed by atoms with Crippen molar-refractivity contribution in [2.24, 2.45) is 5.84 Å². The number of rotatable bonds is 4. The summed E-state index contributed by atoms with van der Waals surface area (Å²) in [5.74, 6) is 3.39. The number of carbonyl (C=O) groups excluding carboxylic acids is 1. The van der Waals surface area contributed by atoms with Crippen LogP contribution in [-0.2, 0) is 6.61 Å². The largest absolute Gasteiger partial charge is 0.486 e. The zero-order chi connectivity index (χ0) is 14.5. The summed E-state index contributed by atoms with van der Waals surface area (Å²) >= 11 is 0. The number of hydrogen-bond donors (Lipinski definition) is 2. The second-order valence-corrected chi connectivity index (χ2v) is 4.00. The first kappa shape index (κ1) is 14.0. The SMILES string of the molecule is NNC(=O)c1ccc(F)c(COc2ccccc2F)c1. The molecule has 2 aromatic rings. The van der Waals surface area contributed by atoms with Crippen LogP contribution in [0, 0.1) is 11.6 Å². The van der Waals surface area contributed by atoms with Crippen molar-refractivity contribution in [3.63, 3.8) is 0 Å². The van der Waals surface area contributed by atoms with E-state index in [9.17, 15) is 13.6 Å². The monoisotopic (exact) mass is 278 g/mol. The quantitative estimate of drug-likeness (QED) is 0.511. The summed E-state index contributed by atoms with van der Waals surface area (Å²) < 4.78 is 32.2. The first-order chi connectivity index (χ1) is 9.61. The summed E-state index contributed by atoms with van der Waals surface area (Å²) in [6, 6.07) is 9.53. The van der Waals surface area contributed by atoms with Crippen molar-refractivity contribution < 1.29 is 18.3 Å². The Labute approximate surface area is 114 Å². The predicted octanol–water partition coefficient (Wildman–Crippen LogP) is 2.15. The van der Waals surface area contributed by atoms with Gasteiger partial charge < -0.3 is 4.74 Å². The maximum atomic E-state index is 13.6. The van der Waals surface area contributed by atoms with Gasteiger partial charge in [-0.15, -0.1) is 0 Å². The molecule has 0 spiro atoms. The van der Waals surface area contributed by atoms with E-state index in [4.69, 9.17) is 10.6 Å². The molecule has 0 atom stereocenters. The topological polar surface area (TPSA) is 64.3 Å². The predicted molar refractivity (Wildman–Crippen MR) is 68.8 cm³/mol. The van der Waals surface area contributed by atoms with Crippen LogP contribution in [0.25, 0.3) is 0 Å². The van der Waals surface area contributed by atoms with E-state index in [0.29, 0.717) is 0 Å². The van der Waals surface area contributed by atoms with Crippen LogP contribution >= 0.6 is 0 Å². The first-order valence-electron chi connectivity index (χ1n) is 5.78. The Morgan fingerprint density at radius 1 is 1.15 bits per heavy atom. The summed E-state index contributed by atoms with van der Waals surface area (Å²) in [5.41, 5.74) is 2.28. The van der Waals surface area contributed by atoms with Crippen LogP contribution < -0.4 is 16.0 Å². The van der Waals surface area contributed by atoms with Gasteiger partial charge >= 0.3 is 0 Å². The van der Waals surface area contributed by atoms with E-state index < -0.39 is 17.5 Å². The van der Waals surface area contributed by atoms with Crippen LogP contribution in [0.2, 0.25) is 0 Å². The average molecular weight is 278 g/mol. The highest BCUT2D eigenvalue weighted by Gasteiger charge is 2.10. The van der Waals surface area contributed by atoms with E-state index in [1.165, 1.54) is 30.3 Å². The Kier molecular flexibility index (Phi) is 4.27. The molecule has 0 unspecified atom stereocenters. The number of nitrogens with one attached hydrogen (secondary N) is 1. The molecule has 0 saturated heterocycles. The molecule has 2 rings (SSSR count). The highest BCUT2D eigenvalue weighted by atomic mass is 19.1. The lowest BCUT2D eigenvalue weighted by Crippen LogP contribution is -2.30. The molecule has 0 aliphatic rings. The Morgan fingerprint density at radius 2 is 1.90 bits per heavy atom. The van der Waals surface area contributed by atoms with Gasteiger partial charge in [0.25, 0.3) is 5.91 Å². The fourth-order valence-corrected chi connectivity index (χ4v) is 1.63. The van der Waals surface area contributed by atoms with E-state index in [2.05, 4.69) is 0 Å². The molecule has 0 heterocycles. The van der Waals surface area contributed by atoms with E-state index >= 15 is 0 Å². The number of hydrazine groups is 1. The van der Waals surface area contributed by atoms with Crippen molar-refractivity contribution in [3.8, 4) is 5.75 Å². The molecule has 1 amide bonds. The lowest BCUT2D eigenvalue weighted by molar-refractivity contribution is 0.0953. The van der Waals surface area contributed by atoms with Gasteiger partial charge in [-0.05, 0) is 30.3 Å². The smallest absolute Gasteiger partial charge is 0.265 e. The van der Waals surface area contributed by atoms with Crippen molar-refractivity contribution in [3.05, 3.63) is 65.2 Å². The number of nitrogens with two attached hydrogens (primary N) is 1. The molecular weight excluding hydrogens is 266 g/mol. The van der Waals surface area contributed by atoms with Crippen LogP contribution in [0.5, 0.6) is 5.75 Å². The summed E-state index contributed by atoms with van der Waals surface area (Å²) in [5, 5.41) is 0. The van der Waals surface area contributed by atoms with Gasteiger partial charge in [-0.2, -0.15) is 0 Å². The minimum absolute atomic E-state index is 0.0144. The van der Waals surface area contributed by atoms with Gasteiger partial charge in [0.15, 0.2) is 11.6 Å². The third kappa shape index (κ3) is 3.10. The molecule has 0 aliphatic carbocycles. The van der Waals surface area contributed by atoms with Gasteiger partial charge in [-0.1, -0.05) is 12.1 Å². The zero-order valence-electron chi connectivity index (χ0n) is 10.4. The number of carbonyl (C=O) groups is 1. The molecule has 0 fully saturated rings. The number of para-hydroxylation sites is 1. The summed E-state index contributed by atoms with van der Waals surface area (Å²) in [4.78, 5) is 11.3. The van der Waals surface area contributed by atoms with Crippen LogP contribution in [0.15, 0.2) is 42.5 Å². The van der Waals surface area contributed by atoms with Crippen LogP contribution in [0.3, 0.4) is 0 Å². The molecule has 3 N–H and O–H groups in total. The summed E-state index contributed by atoms with van der Waals surface area (Å²) in [6.07, 6.45) is 0. The molecule has 4 nitrogen and oxygen atoms in total. The number of amides is 1. The lowest BCUT2D eigenvalue weighted by atomic mass is 10.1. The number of benzene rings is 2.